The Kier molecular flexibility index (Phi) is 2.07. The minimum Gasteiger partial charge on any atom is -0.399 e. The Morgan fingerprint density at radius 1 is 1.47 bits per heavy atom. The number of hydrogen-bond donors (Lipinski definition) is 2. The first-order valence-electron chi connectivity index (χ1n) is 5.32. The maximum absolute atomic E-state index is 12.1. The number of carbonyl (C=O) groups excluding carboxylic acids is 1. The zero-order valence-corrected chi connectivity index (χ0v) is 9.05. The number of carbonyl (C=O) groups is 1. The van der Waals surface area contributed by atoms with Crippen molar-refractivity contribution >= 4 is 17.3 Å². The number of amides is 1. The monoisotopic (exact) mass is 229 g/mol. The Morgan fingerprint density at radius 3 is 3.12 bits per heavy atom. The van der Waals surface area contributed by atoms with E-state index in [2.05, 4.69) is 15.4 Å². The molecule has 0 fully saturated rings. The molecule has 0 saturated heterocycles. The van der Waals surface area contributed by atoms with Gasteiger partial charge in [0.2, 0.25) is 0 Å². The number of aromatic amines is 1. The lowest BCUT2D eigenvalue weighted by Crippen LogP contribution is -2.29. The van der Waals surface area contributed by atoms with Gasteiger partial charge in [0.25, 0.3) is 5.91 Å². The normalized spacial score (nSPS) is 13.8. The molecule has 3 N–H and O–H groups in total. The molecule has 1 aliphatic heterocycles. The second kappa shape index (κ2) is 3.58. The molecular formula is C11H11N5O. The Bertz CT molecular complexity index is 563. The van der Waals surface area contributed by atoms with Crippen LogP contribution in [0.25, 0.3) is 0 Å². The predicted octanol–water partition coefficient (Wildman–Crippen LogP) is 0.590. The number of nitrogens with two attached hydrogens (primary N) is 1. The van der Waals surface area contributed by atoms with Crippen LogP contribution in [0.1, 0.15) is 16.1 Å². The molecule has 2 aromatic rings. The molecule has 6 nitrogen and oxygen atoms in total. The van der Waals surface area contributed by atoms with Crippen LogP contribution < -0.4 is 10.6 Å². The minimum atomic E-state index is -0.137. The third-order valence-corrected chi connectivity index (χ3v) is 2.88. The van der Waals surface area contributed by atoms with Crippen LogP contribution in [0.2, 0.25) is 0 Å². The number of aromatic nitrogens is 3. The summed E-state index contributed by atoms with van der Waals surface area (Å²) < 4.78 is 0. The third kappa shape index (κ3) is 1.54. The number of hydrogen-bond acceptors (Lipinski definition) is 4. The summed E-state index contributed by atoms with van der Waals surface area (Å²) in [7, 11) is 0. The summed E-state index contributed by atoms with van der Waals surface area (Å²) in [5, 5.41) is 9.88. The smallest absolute Gasteiger partial charge is 0.280 e. The lowest BCUT2D eigenvalue weighted by atomic mass is 10.1. The van der Waals surface area contributed by atoms with E-state index in [0.29, 0.717) is 12.2 Å². The van der Waals surface area contributed by atoms with Gasteiger partial charge >= 0.3 is 0 Å². The van der Waals surface area contributed by atoms with E-state index in [1.807, 2.05) is 12.1 Å². The topological polar surface area (TPSA) is 87.9 Å². The largest absolute Gasteiger partial charge is 0.399 e. The van der Waals surface area contributed by atoms with Crippen molar-refractivity contribution in [1.29, 1.82) is 0 Å². The van der Waals surface area contributed by atoms with Crippen LogP contribution in [-0.4, -0.2) is 27.9 Å². The van der Waals surface area contributed by atoms with Crippen molar-refractivity contribution in [3.8, 4) is 0 Å². The number of nitrogen functional groups attached to an aromatic ring is 1. The van der Waals surface area contributed by atoms with Gasteiger partial charge in [0.1, 0.15) is 0 Å². The number of nitrogens with zero attached hydrogens (tertiary/aromatic N) is 3. The van der Waals surface area contributed by atoms with Gasteiger partial charge in [-0.15, -0.1) is 0 Å². The van der Waals surface area contributed by atoms with Crippen LogP contribution in [0.4, 0.5) is 11.4 Å². The lowest BCUT2D eigenvalue weighted by Gasteiger charge is -2.15. The van der Waals surface area contributed by atoms with Crippen LogP contribution in [0.15, 0.2) is 24.4 Å². The summed E-state index contributed by atoms with van der Waals surface area (Å²) in [4.78, 5) is 13.8. The molecule has 3 rings (SSSR count). The van der Waals surface area contributed by atoms with Crippen molar-refractivity contribution in [1.82, 2.24) is 15.4 Å². The minimum absolute atomic E-state index is 0.137. The molecule has 1 aliphatic rings. The van der Waals surface area contributed by atoms with Gasteiger partial charge in [-0.1, -0.05) is 0 Å². The van der Waals surface area contributed by atoms with Gasteiger partial charge in [0.15, 0.2) is 5.69 Å². The molecule has 0 unspecified atom stereocenters. The van der Waals surface area contributed by atoms with E-state index in [4.69, 9.17) is 5.73 Å². The van der Waals surface area contributed by atoms with Gasteiger partial charge in [0, 0.05) is 17.9 Å². The van der Waals surface area contributed by atoms with E-state index < -0.39 is 0 Å². The fourth-order valence-corrected chi connectivity index (χ4v) is 2.08. The van der Waals surface area contributed by atoms with Gasteiger partial charge in [0.05, 0.1) is 6.20 Å². The molecular weight excluding hydrogens is 218 g/mol. The van der Waals surface area contributed by atoms with Crippen molar-refractivity contribution in [3.05, 3.63) is 35.7 Å². The molecule has 0 bridgehead atoms. The van der Waals surface area contributed by atoms with Crippen molar-refractivity contribution < 1.29 is 4.79 Å². The van der Waals surface area contributed by atoms with E-state index in [1.165, 1.54) is 6.20 Å². The maximum Gasteiger partial charge on any atom is 0.280 e. The molecule has 0 saturated carbocycles. The number of rotatable bonds is 1. The Labute approximate surface area is 97.4 Å². The highest BCUT2D eigenvalue weighted by molar-refractivity contribution is 6.05. The first kappa shape index (κ1) is 9.83. The summed E-state index contributed by atoms with van der Waals surface area (Å²) in [6.07, 6.45) is 2.25. The lowest BCUT2D eigenvalue weighted by molar-refractivity contribution is 0.0984. The summed E-state index contributed by atoms with van der Waals surface area (Å²) in [5.41, 5.74) is 8.77. The first-order valence-corrected chi connectivity index (χ1v) is 5.32. The van der Waals surface area contributed by atoms with Crippen LogP contribution in [0.5, 0.6) is 0 Å². The zero-order chi connectivity index (χ0) is 11.8. The van der Waals surface area contributed by atoms with Crippen molar-refractivity contribution in [2.24, 2.45) is 0 Å². The quantitative estimate of drug-likeness (QED) is 0.700. The SMILES string of the molecule is Nc1ccc2c(c1)CCN2C(=O)c1cn[nH]n1. The van der Waals surface area contributed by atoms with Gasteiger partial charge in [-0.05, 0) is 30.2 Å². The first-order chi connectivity index (χ1) is 8.25. The molecule has 2 heterocycles. The molecule has 86 valence electrons. The standard InChI is InChI=1S/C11H11N5O/c12-8-1-2-10-7(5-8)3-4-16(10)11(17)9-6-13-15-14-9/h1-2,5-6H,3-4,12H2,(H,13,14,15). The Hall–Kier alpha value is -2.37. The van der Waals surface area contributed by atoms with Gasteiger partial charge in [-0.2, -0.15) is 15.4 Å². The second-order valence-electron chi connectivity index (χ2n) is 3.95. The van der Waals surface area contributed by atoms with Gasteiger partial charge in [-0.3, -0.25) is 4.79 Å². The van der Waals surface area contributed by atoms with Gasteiger partial charge in [-0.25, -0.2) is 0 Å². The van der Waals surface area contributed by atoms with Crippen LogP contribution in [-0.2, 0) is 6.42 Å². The summed E-state index contributed by atoms with van der Waals surface area (Å²) in [5.74, 6) is -0.137. The van der Waals surface area contributed by atoms with Crippen molar-refractivity contribution in [3.63, 3.8) is 0 Å². The predicted molar refractivity (Wildman–Crippen MR) is 62.6 cm³/mol. The molecule has 6 heteroatoms. The zero-order valence-electron chi connectivity index (χ0n) is 9.05. The maximum atomic E-state index is 12.1. The Balaban J connectivity index is 1.96. The number of benzene rings is 1. The molecule has 1 aromatic carbocycles. The van der Waals surface area contributed by atoms with E-state index in [0.717, 1.165) is 23.4 Å². The molecule has 17 heavy (non-hydrogen) atoms. The second-order valence-corrected chi connectivity index (χ2v) is 3.95. The highest BCUT2D eigenvalue weighted by atomic mass is 16.2. The average Bonchev–Trinajstić information content (AvgIpc) is 2.96. The van der Waals surface area contributed by atoms with Crippen LogP contribution in [0, 0.1) is 0 Å². The van der Waals surface area contributed by atoms with Gasteiger partial charge < -0.3 is 10.6 Å². The number of nitrogens with one attached hydrogen (secondary N) is 1. The van der Waals surface area contributed by atoms with E-state index in [1.54, 1.807) is 11.0 Å². The number of fused-ring (bicyclic) bond motifs is 1. The van der Waals surface area contributed by atoms with E-state index in [-0.39, 0.29) is 5.91 Å². The average molecular weight is 229 g/mol. The summed E-state index contributed by atoms with van der Waals surface area (Å²) in [6.45, 7) is 0.657. The van der Waals surface area contributed by atoms with Crippen LogP contribution in [0.3, 0.4) is 0 Å². The Morgan fingerprint density at radius 2 is 2.35 bits per heavy atom. The molecule has 0 radical (unpaired) electrons. The fourth-order valence-electron chi connectivity index (χ4n) is 2.08. The van der Waals surface area contributed by atoms with Crippen molar-refractivity contribution in [2.45, 2.75) is 6.42 Å². The fraction of sp³-hybridized carbons (Fsp3) is 0.182. The van der Waals surface area contributed by atoms with Crippen molar-refractivity contribution in [2.75, 3.05) is 17.2 Å². The molecule has 0 atom stereocenters. The highest BCUT2D eigenvalue weighted by Gasteiger charge is 2.26. The molecule has 1 amide bonds. The van der Waals surface area contributed by atoms with E-state index in [9.17, 15) is 4.79 Å². The molecule has 1 aromatic heterocycles. The highest BCUT2D eigenvalue weighted by Crippen LogP contribution is 2.30. The molecule has 0 spiro atoms. The molecule has 0 aliphatic carbocycles. The number of H-pyrrole nitrogens is 1. The third-order valence-electron chi connectivity index (χ3n) is 2.88. The summed E-state index contributed by atoms with van der Waals surface area (Å²) >= 11 is 0. The van der Waals surface area contributed by atoms with E-state index >= 15 is 0 Å². The number of anilines is 2. The summed E-state index contributed by atoms with van der Waals surface area (Å²) in [6, 6.07) is 5.58. The van der Waals surface area contributed by atoms with Crippen LogP contribution >= 0.6 is 0 Å².